The second-order valence-corrected chi connectivity index (χ2v) is 5.00. The average Bonchev–Trinajstić information content (AvgIpc) is 2.79. The minimum Gasteiger partial charge on any atom is -0.494 e. The third-order valence-electron chi connectivity index (χ3n) is 3.36. The first-order chi connectivity index (χ1) is 9.91. The Morgan fingerprint density at radius 1 is 1.50 bits per heavy atom. The number of benzene rings is 1. The van der Waals surface area contributed by atoms with E-state index in [1.54, 1.807) is 6.07 Å². The quantitative estimate of drug-likeness (QED) is 0.862. The zero-order valence-electron chi connectivity index (χ0n) is 12.0. The molecular formula is C14H18ClF3N2O2. The maximum absolute atomic E-state index is 13.5. The molecule has 0 radical (unpaired) electrons. The highest BCUT2D eigenvalue weighted by molar-refractivity contribution is 5.85. The fourth-order valence-electron chi connectivity index (χ4n) is 2.22. The van der Waals surface area contributed by atoms with Gasteiger partial charge in [-0.15, -0.1) is 12.4 Å². The highest BCUT2D eigenvalue weighted by Gasteiger charge is 2.42. The minimum absolute atomic E-state index is 0. The first kappa shape index (κ1) is 18.6. The van der Waals surface area contributed by atoms with Gasteiger partial charge in [0.2, 0.25) is 5.91 Å². The molecule has 2 N–H and O–H groups in total. The number of nitrogens with one attached hydrogen (secondary N) is 2. The van der Waals surface area contributed by atoms with Gasteiger partial charge in [-0.25, -0.2) is 13.2 Å². The van der Waals surface area contributed by atoms with Crippen molar-refractivity contribution in [1.82, 2.24) is 10.6 Å². The Morgan fingerprint density at radius 3 is 2.77 bits per heavy atom. The van der Waals surface area contributed by atoms with Crippen LogP contribution in [0.1, 0.15) is 12.0 Å². The number of ether oxygens (including phenoxy) is 1. The molecule has 22 heavy (non-hydrogen) atoms. The van der Waals surface area contributed by atoms with Gasteiger partial charge in [0.05, 0.1) is 19.7 Å². The zero-order valence-corrected chi connectivity index (χ0v) is 12.8. The molecule has 0 saturated carbocycles. The van der Waals surface area contributed by atoms with Gasteiger partial charge < -0.3 is 10.1 Å². The number of rotatable bonds is 5. The van der Waals surface area contributed by atoms with E-state index in [9.17, 15) is 18.0 Å². The molecule has 8 heteroatoms. The van der Waals surface area contributed by atoms with Crippen molar-refractivity contribution in [3.8, 4) is 5.75 Å². The Kier molecular flexibility index (Phi) is 6.49. The number of amides is 1. The third-order valence-corrected chi connectivity index (χ3v) is 3.36. The van der Waals surface area contributed by atoms with Crippen LogP contribution in [0, 0.1) is 5.82 Å². The summed E-state index contributed by atoms with van der Waals surface area (Å²) in [6.45, 7) is -0.219. The molecule has 4 nitrogen and oxygen atoms in total. The van der Waals surface area contributed by atoms with Crippen molar-refractivity contribution in [2.45, 2.75) is 24.8 Å². The van der Waals surface area contributed by atoms with Gasteiger partial charge in [0.15, 0.2) is 11.6 Å². The minimum atomic E-state index is -2.83. The normalized spacial score (nSPS) is 19.4. The van der Waals surface area contributed by atoms with E-state index < -0.39 is 36.7 Å². The molecule has 1 fully saturated rings. The van der Waals surface area contributed by atoms with Crippen LogP contribution in [0.25, 0.3) is 0 Å². The van der Waals surface area contributed by atoms with Crippen LogP contribution in [0.4, 0.5) is 13.2 Å². The Labute approximate surface area is 132 Å². The molecule has 1 atom stereocenters. The van der Waals surface area contributed by atoms with Crippen molar-refractivity contribution < 1.29 is 22.7 Å². The average molecular weight is 339 g/mol. The number of halogens is 4. The summed E-state index contributed by atoms with van der Waals surface area (Å²) in [5.74, 6) is -3.61. The van der Waals surface area contributed by atoms with Crippen LogP contribution in [0.3, 0.4) is 0 Å². The van der Waals surface area contributed by atoms with E-state index in [-0.39, 0.29) is 24.7 Å². The summed E-state index contributed by atoms with van der Waals surface area (Å²) in [6.07, 6.45) is -0.0776. The van der Waals surface area contributed by atoms with E-state index in [2.05, 4.69) is 10.6 Å². The third kappa shape index (κ3) is 4.78. The lowest BCUT2D eigenvalue weighted by Crippen LogP contribution is -2.41. The molecule has 1 aromatic carbocycles. The Bertz CT molecular complexity index is 529. The van der Waals surface area contributed by atoms with Crippen LogP contribution in [0.2, 0.25) is 0 Å². The van der Waals surface area contributed by atoms with Crippen LogP contribution >= 0.6 is 12.4 Å². The van der Waals surface area contributed by atoms with E-state index in [0.717, 1.165) is 0 Å². The van der Waals surface area contributed by atoms with Gasteiger partial charge in [-0.05, 0) is 24.1 Å². The van der Waals surface area contributed by atoms with E-state index in [0.29, 0.717) is 12.0 Å². The maximum Gasteiger partial charge on any atom is 0.262 e. The topological polar surface area (TPSA) is 50.4 Å². The molecule has 2 rings (SSSR count). The van der Waals surface area contributed by atoms with E-state index >= 15 is 0 Å². The molecule has 1 aromatic rings. The molecule has 0 aliphatic carbocycles. The van der Waals surface area contributed by atoms with Gasteiger partial charge in [0.25, 0.3) is 5.92 Å². The Morgan fingerprint density at radius 2 is 2.23 bits per heavy atom. The van der Waals surface area contributed by atoms with E-state index in [4.69, 9.17) is 4.74 Å². The molecule has 1 aliphatic heterocycles. The Hall–Kier alpha value is -1.47. The summed E-state index contributed by atoms with van der Waals surface area (Å²) in [7, 11) is 1.38. The van der Waals surface area contributed by atoms with Crippen LogP contribution in [0.5, 0.6) is 5.75 Å². The van der Waals surface area contributed by atoms with Crippen molar-refractivity contribution in [2.75, 3.05) is 20.2 Å². The van der Waals surface area contributed by atoms with Crippen molar-refractivity contribution in [3.63, 3.8) is 0 Å². The molecule has 0 bridgehead atoms. The predicted octanol–water partition coefficient (Wildman–Crippen LogP) is 1.91. The van der Waals surface area contributed by atoms with Crippen molar-refractivity contribution in [2.24, 2.45) is 0 Å². The SMILES string of the molecule is COc1ccc(CCNC(=O)C2CC(F)(F)CN2)cc1F.Cl. The number of carbonyl (C=O) groups excluding carboxylic acids is 1. The highest BCUT2D eigenvalue weighted by atomic mass is 35.5. The summed E-state index contributed by atoms with van der Waals surface area (Å²) < 4.78 is 44.2. The monoisotopic (exact) mass is 338 g/mol. The maximum atomic E-state index is 13.5. The molecule has 1 saturated heterocycles. The number of methoxy groups -OCH3 is 1. The molecular weight excluding hydrogens is 321 g/mol. The number of hydrogen-bond donors (Lipinski definition) is 2. The van der Waals surface area contributed by atoms with Gasteiger partial charge in [-0.3, -0.25) is 10.1 Å². The molecule has 1 amide bonds. The molecule has 124 valence electrons. The summed E-state index contributed by atoms with van der Waals surface area (Å²) in [5.41, 5.74) is 0.693. The predicted molar refractivity (Wildman–Crippen MR) is 78.3 cm³/mol. The van der Waals surface area contributed by atoms with Crippen molar-refractivity contribution in [3.05, 3.63) is 29.6 Å². The van der Waals surface area contributed by atoms with Crippen LogP contribution in [-0.4, -0.2) is 38.1 Å². The van der Waals surface area contributed by atoms with Gasteiger partial charge in [-0.1, -0.05) is 6.07 Å². The van der Waals surface area contributed by atoms with Gasteiger partial charge in [-0.2, -0.15) is 0 Å². The van der Waals surface area contributed by atoms with Crippen LogP contribution in [-0.2, 0) is 11.2 Å². The van der Waals surface area contributed by atoms with Crippen LogP contribution < -0.4 is 15.4 Å². The van der Waals surface area contributed by atoms with Crippen molar-refractivity contribution >= 4 is 18.3 Å². The first-order valence-electron chi connectivity index (χ1n) is 6.62. The summed E-state index contributed by atoms with van der Waals surface area (Å²) in [6, 6.07) is 3.65. The summed E-state index contributed by atoms with van der Waals surface area (Å²) in [4.78, 5) is 11.7. The van der Waals surface area contributed by atoms with Gasteiger partial charge in [0, 0.05) is 13.0 Å². The van der Waals surface area contributed by atoms with Gasteiger partial charge >= 0.3 is 0 Å². The number of carbonyl (C=O) groups is 1. The standard InChI is InChI=1S/C14H17F3N2O2.ClH/c1-21-12-3-2-9(6-10(12)15)4-5-18-13(20)11-7-14(16,17)8-19-11;/h2-3,6,11,19H,4-5,7-8H2,1H3,(H,18,20);1H. The second-order valence-electron chi connectivity index (χ2n) is 5.00. The fraction of sp³-hybridized carbons (Fsp3) is 0.500. The summed E-state index contributed by atoms with van der Waals surface area (Å²) >= 11 is 0. The lowest BCUT2D eigenvalue weighted by atomic mass is 10.1. The molecule has 1 aliphatic rings. The lowest BCUT2D eigenvalue weighted by Gasteiger charge is -2.11. The van der Waals surface area contributed by atoms with Crippen molar-refractivity contribution in [1.29, 1.82) is 0 Å². The lowest BCUT2D eigenvalue weighted by molar-refractivity contribution is -0.123. The molecule has 0 aromatic heterocycles. The second kappa shape index (κ2) is 7.69. The molecule has 0 spiro atoms. The van der Waals surface area contributed by atoms with E-state index in [1.165, 1.54) is 19.2 Å². The zero-order chi connectivity index (χ0) is 15.5. The van der Waals surface area contributed by atoms with E-state index in [1.807, 2.05) is 0 Å². The smallest absolute Gasteiger partial charge is 0.262 e. The number of alkyl halides is 2. The largest absolute Gasteiger partial charge is 0.494 e. The van der Waals surface area contributed by atoms with Crippen LogP contribution in [0.15, 0.2) is 18.2 Å². The van der Waals surface area contributed by atoms with Gasteiger partial charge in [0.1, 0.15) is 0 Å². The Balaban J connectivity index is 0.00000242. The number of hydrogen-bond acceptors (Lipinski definition) is 3. The molecule has 1 heterocycles. The highest BCUT2D eigenvalue weighted by Crippen LogP contribution is 2.25. The fourth-order valence-corrected chi connectivity index (χ4v) is 2.22. The first-order valence-corrected chi connectivity index (χ1v) is 6.62. The molecule has 1 unspecified atom stereocenters. The summed E-state index contributed by atoms with van der Waals surface area (Å²) in [5, 5.41) is 5.05.